The number of Topliss-reactive ketones (excluding diaryl/α,β-unsaturated/α-hetero) is 1. The van der Waals surface area contributed by atoms with Crippen LogP contribution in [0.2, 0.25) is 0 Å². The first-order chi connectivity index (χ1) is 13.3. The van der Waals surface area contributed by atoms with Crippen LogP contribution in [0.1, 0.15) is 20.0 Å². The summed E-state index contributed by atoms with van der Waals surface area (Å²) in [5.41, 5.74) is -0.544. The number of hydrogen-bond acceptors (Lipinski definition) is 7. The number of halogens is 2. The van der Waals surface area contributed by atoms with Crippen LogP contribution in [0.4, 0.5) is 8.78 Å². The van der Waals surface area contributed by atoms with Crippen molar-refractivity contribution in [2.75, 3.05) is 31.2 Å². The number of rotatable bonds is 6. The zero-order valence-corrected chi connectivity index (χ0v) is 16.8. The summed E-state index contributed by atoms with van der Waals surface area (Å²) in [5.74, 6) is -2.36. The number of thiophene rings is 1. The van der Waals surface area contributed by atoms with Gasteiger partial charge in [-0.15, -0.1) is 11.3 Å². The minimum Gasteiger partial charge on any atom is -0.453 e. The molecule has 0 amide bonds. The zero-order valence-electron chi connectivity index (χ0n) is 14.4. The van der Waals surface area contributed by atoms with E-state index in [1.807, 2.05) is 0 Å². The third kappa shape index (κ3) is 4.43. The molecule has 1 aromatic heterocycles. The number of ether oxygens (including phenoxy) is 1. The summed E-state index contributed by atoms with van der Waals surface area (Å²) < 4.78 is 58.5. The zero-order chi connectivity index (χ0) is 20.3. The van der Waals surface area contributed by atoms with Crippen LogP contribution in [0.3, 0.4) is 0 Å². The molecule has 3 rings (SSSR count). The van der Waals surface area contributed by atoms with E-state index in [1.54, 1.807) is 11.8 Å². The Labute approximate surface area is 168 Å². The van der Waals surface area contributed by atoms with Crippen LogP contribution >= 0.6 is 23.1 Å². The number of carbonyl (C=O) groups excluding carboxylic acids is 2. The van der Waals surface area contributed by atoms with Crippen LogP contribution in [0.25, 0.3) is 0 Å². The molecule has 1 aromatic carbocycles. The van der Waals surface area contributed by atoms with E-state index in [1.165, 1.54) is 15.8 Å². The molecule has 0 saturated carbocycles. The molecular formula is C17H15F2NO5S3. The van der Waals surface area contributed by atoms with Crippen molar-refractivity contribution in [3.8, 4) is 0 Å². The Morgan fingerprint density at radius 3 is 2.57 bits per heavy atom. The van der Waals surface area contributed by atoms with Crippen molar-refractivity contribution in [3.05, 3.63) is 51.7 Å². The Morgan fingerprint density at radius 2 is 1.86 bits per heavy atom. The van der Waals surface area contributed by atoms with Crippen LogP contribution in [-0.2, 0) is 14.8 Å². The van der Waals surface area contributed by atoms with E-state index < -0.39 is 45.6 Å². The van der Waals surface area contributed by atoms with Gasteiger partial charge in [0, 0.05) is 24.6 Å². The van der Waals surface area contributed by atoms with Gasteiger partial charge in [-0.05, 0) is 29.6 Å². The summed E-state index contributed by atoms with van der Waals surface area (Å²) >= 11 is 2.51. The first-order valence-corrected chi connectivity index (χ1v) is 11.6. The van der Waals surface area contributed by atoms with Crippen LogP contribution in [-0.4, -0.2) is 55.7 Å². The van der Waals surface area contributed by atoms with Gasteiger partial charge in [0.1, 0.15) is 21.4 Å². The summed E-state index contributed by atoms with van der Waals surface area (Å²) in [5, 5.41) is 1.44. The van der Waals surface area contributed by atoms with Crippen LogP contribution in [0.15, 0.2) is 34.5 Å². The fraction of sp³-hybridized carbons (Fsp3) is 0.294. The summed E-state index contributed by atoms with van der Waals surface area (Å²) in [7, 11) is -3.86. The van der Waals surface area contributed by atoms with E-state index in [0.717, 1.165) is 23.5 Å². The second-order valence-electron chi connectivity index (χ2n) is 5.75. The first-order valence-electron chi connectivity index (χ1n) is 8.11. The van der Waals surface area contributed by atoms with Crippen molar-refractivity contribution >= 4 is 44.9 Å². The fourth-order valence-corrected chi connectivity index (χ4v) is 6.42. The third-order valence-electron chi connectivity index (χ3n) is 3.97. The minimum absolute atomic E-state index is 0.161. The molecule has 0 N–H and O–H groups in total. The van der Waals surface area contributed by atoms with Gasteiger partial charge in [0.05, 0.1) is 5.56 Å². The highest BCUT2D eigenvalue weighted by atomic mass is 32.2. The fourth-order valence-electron chi connectivity index (χ4n) is 2.56. The Kier molecular flexibility index (Phi) is 6.48. The standard InChI is InChI=1S/C17H15F2NO5S3/c18-11-1-2-13(19)12(9-11)14(21)10-25-17(22)16-15(3-6-27-16)28(23,24)20-4-7-26-8-5-20/h1-3,6,9H,4-5,7-8,10H2. The van der Waals surface area contributed by atoms with Gasteiger partial charge in [-0.25, -0.2) is 22.0 Å². The molecule has 0 atom stereocenters. The molecule has 1 aliphatic heterocycles. The van der Waals surface area contributed by atoms with Crippen molar-refractivity contribution in [2.45, 2.75) is 4.90 Å². The Morgan fingerprint density at radius 1 is 1.14 bits per heavy atom. The quantitative estimate of drug-likeness (QED) is 0.500. The molecule has 1 fully saturated rings. The van der Waals surface area contributed by atoms with Crippen molar-refractivity contribution in [1.29, 1.82) is 0 Å². The lowest BCUT2D eigenvalue weighted by atomic mass is 10.1. The van der Waals surface area contributed by atoms with E-state index in [9.17, 15) is 26.8 Å². The molecule has 0 aliphatic carbocycles. The van der Waals surface area contributed by atoms with Crippen molar-refractivity contribution in [3.63, 3.8) is 0 Å². The number of thioether (sulfide) groups is 1. The molecular weight excluding hydrogens is 432 g/mol. The number of carbonyl (C=O) groups is 2. The highest BCUT2D eigenvalue weighted by molar-refractivity contribution is 7.99. The lowest BCUT2D eigenvalue weighted by Crippen LogP contribution is -2.38. The Hall–Kier alpha value is -1.82. The predicted molar refractivity (Wildman–Crippen MR) is 101 cm³/mol. The van der Waals surface area contributed by atoms with Gasteiger partial charge in [0.15, 0.2) is 6.61 Å². The highest BCUT2D eigenvalue weighted by Crippen LogP contribution is 2.27. The van der Waals surface area contributed by atoms with Gasteiger partial charge < -0.3 is 4.74 Å². The topological polar surface area (TPSA) is 80.8 Å². The highest BCUT2D eigenvalue weighted by Gasteiger charge is 2.32. The number of nitrogens with zero attached hydrogens (tertiary/aromatic N) is 1. The second-order valence-corrected chi connectivity index (χ2v) is 9.80. The van der Waals surface area contributed by atoms with E-state index in [0.29, 0.717) is 30.7 Å². The van der Waals surface area contributed by atoms with Crippen LogP contribution in [0.5, 0.6) is 0 Å². The summed E-state index contributed by atoms with van der Waals surface area (Å²) in [6.45, 7) is -0.152. The number of benzene rings is 1. The molecule has 0 bridgehead atoms. The van der Waals surface area contributed by atoms with Gasteiger partial charge in [-0.1, -0.05) is 0 Å². The number of ketones is 1. The lowest BCUT2D eigenvalue weighted by Gasteiger charge is -2.25. The molecule has 11 heteroatoms. The largest absolute Gasteiger partial charge is 0.453 e. The van der Waals surface area contributed by atoms with Crippen molar-refractivity contribution in [1.82, 2.24) is 4.31 Å². The molecule has 1 aliphatic rings. The van der Waals surface area contributed by atoms with E-state index >= 15 is 0 Å². The maximum absolute atomic E-state index is 13.6. The second kappa shape index (κ2) is 8.68. The maximum Gasteiger partial charge on any atom is 0.350 e. The number of sulfonamides is 1. The monoisotopic (exact) mass is 447 g/mol. The van der Waals surface area contributed by atoms with Gasteiger partial charge in [-0.2, -0.15) is 16.1 Å². The van der Waals surface area contributed by atoms with Crippen molar-refractivity contribution in [2.24, 2.45) is 0 Å². The summed E-state index contributed by atoms with van der Waals surface area (Å²) in [4.78, 5) is 24.0. The van der Waals surface area contributed by atoms with Crippen LogP contribution in [0, 0.1) is 11.6 Å². The van der Waals surface area contributed by atoms with Crippen molar-refractivity contribution < 1.29 is 31.5 Å². The normalized spacial score (nSPS) is 15.4. The Balaban J connectivity index is 1.73. The van der Waals surface area contributed by atoms with E-state index in [2.05, 4.69) is 0 Å². The van der Waals surface area contributed by atoms with Gasteiger partial charge in [-0.3, -0.25) is 4.79 Å². The van der Waals surface area contributed by atoms with E-state index in [4.69, 9.17) is 4.74 Å². The third-order valence-corrected chi connectivity index (χ3v) is 7.87. The molecule has 6 nitrogen and oxygen atoms in total. The number of hydrogen-bond donors (Lipinski definition) is 0. The molecule has 0 radical (unpaired) electrons. The van der Waals surface area contributed by atoms with E-state index in [-0.39, 0.29) is 9.77 Å². The maximum atomic E-state index is 13.6. The van der Waals surface area contributed by atoms with Crippen LogP contribution < -0.4 is 0 Å². The molecule has 28 heavy (non-hydrogen) atoms. The van der Waals surface area contributed by atoms with Gasteiger partial charge in [0.25, 0.3) is 0 Å². The first kappa shape index (κ1) is 20.9. The Bertz CT molecular complexity index is 1000. The molecule has 150 valence electrons. The molecule has 0 spiro atoms. The summed E-state index contributed by atoms with van der Waals surface area (Å²) in [6.07, 6.45) is 0. The lowest BCUT2D eigenvalue weighted by molar-refractivity contribution is 0.0475. The molecule has 2 aromatic rings. The molecule has 0 unspecified atom stereocenters. The smallest absolute Gasteiger partial charge is 0.350 e. The average Bonchev–Trinajstić information content (AvgIpc) is 3.19. The SMILES string of the molecule is O=C(COC(=O)c1sccc1S(=O)(=O)N1CCSCC1)c1cc(F)ccc1F. The minimum atomic E-state index is -3.86. The predicted octanol–water partition coefficient (Wildman–Crippen LogP) is 2.80. The van der Waals surface area contributed by atoms with Gasteiger partial charge in [0.2, 0.25) is 15.8 Å². The summed E-state index contributed by atoms with van der Waals surface area (Å²) in [6, 6.07) is 3.68. The average molecular weight is 448 g/mol. The van der Waals surface area contributed by atoms with Gasteiger partial charge >= 0.3 is 5.97 Å². The molecule has 2 heterocycles. The number of esters is 1. The molecule has 1 saturated heterocycles.